The van der Waals surface area contributed by atoms with Crippen LogP contribution in [0.25, 0.3) is 38.5 Å². The molecule has 1 saturated heterocycles. The molecule has 6 nitrogen and oxygen atoms in total. The molecular weight excluding hydrogens is 551 g/mol. The van der Waals surface area contributed by atoms with Crippen LogP contribution in [-0.4, -0.2) is 51.8 Å². The van der Waals surface area contributed by atoms with E-state index in [4.69, 9.17) is 0 Å². The smallest absolute Gasteiger partial charge is 0.368 e. The standard InChI is InChI=1S/C34H26F3N5O/c35-34(36,37)32-22-31(26-7-12-30-25(21-26)6-5-23-3-1-2-4-29(23)30)42(39-32)28-10-8-27(9-11-28)40-17-19-41(20-18-40)33(43)24-13-15-38-16-14-24/h1-16,21-22H,17-20H2. The highest BCUT2D eigenvalue weighted by Gasteiger charge is 2.35. The highest BCUT2D eigenvalue weighted by atomic mass is 19.4. The number of hydrogen-bond donors (Lipinski definition) is 0. The summed E-state index contributed by atoms with van der Waals surface area (Å²) in [5, 5.41) is 8.16. The Hall–Kier alpha value is -5.18. The second-order valence-corrected chi connectivity index (χ2v) is 10.6. The summed E-state index contributed by atoms with van der Waals surface area (Å²) in [4.78, 5) is 20.7. The zero-order valence-corrected chi connectivity index (χ0v) is 23.0. The van der Waals surface area contributed by atoms with Gasteiger partial charge in [0, 0.05) is 55.4 Å². The molecule has 2 aromatic heterocycles. The van der Waals surface area contributed by atoms with Gasteiger partial charge >= 0.3 is 6.18 Å². The topological polar surface area (TPSA) is 54.3 Å². The number of carbonyl (C=O) groups excluding carboxylic acids is 1. The molecule has 0 aliphatic carbocycles. The zero-order chi connectivity index (χ0) is 29.6. The van der Waals surface area contributed by atoms with Crippen LogP contribution in [0.3, 0.4) is 0 Å². The maximum atomic E-state index is 13.8. The molecule has 9 heteroatoms. The summed E-state index contributed by atoms with van der Waals surface area (Å²) in [5.41, 5.74) is 2.13. The van der Waals surface area contributed by atoms with Crippen LogP contribution in [0, 0.1) is 0 Å². The maximum absolute atomic E-state index is 13.8. The SMILES string of the molecule is O=C(c1ccncc1)N1CCN(c2ccc(-n3nc(C(F)(F)F)cc3-c3ccc4c(ccc5ccccc54)c3)cc2)CC1. The van der Waals surface area contributed by atoms with Gasteiger partial charge in [0.1, 0.15) is 0 Å². The third-order valence-corrected chi connectivity index (χ3v) is 7.99. The van der Waals surface area contributed by atoms with Crippen LogP contribution in [0.5, 0.6) is 0 Å². The lowest BCUT2D eigenvalue weighted by atomic mass is 9.99. The molecule has 4 aromatic carbocycles. The molecule has 3 heterocycles. The van der Waals surface area contributed by atoms with Gasteiger partial charge in [-0.3, -0.25) is 9.78 Å². The molecule has 0 N–H and O–H groups in total. The molecule has 1 aliphatic heterocycles. The Balaban J connectivity index is 1.16. The average Bonchev–Trinajstić information content (AvgIpc) is 3.51. The molecule has 7 rings (SSSR count). The molecule has 43 heavy (non-hydrogen) atoms. The monoisotopic (exact) mass is 577 g/mol. The largest absolute Gasteiger partial charge is 0.435 e. The molecule has 214 valence electrons. The number of pyridine rings is 1. The van der Waals surface area contributed by atoms with Gasteiger partial charge in [-0.05, 0) is 70.1 Å². The van der Waals surface area contributed by atoms with E-state index < -0.39 is 11.9 Å². The lowest BCUT2D eigenvalue weighted by Gasteiger charge is -2.36. The second kappa shape index (κ2) is 10.6. The Labute approximate surface area is 245 Å². The Morgan fingerprint density at radius 1 is 0.698 bits per heavy atom. The summed E-state index contributed by atoms with van der Waals surface area (Å²) in [6, 6.07) is 29.7. The molecule has 1 aliphatic rings. The summed E-state index contributed by atoms with van der Waals surface area (Å²) < 4.78 is 42.9. The van der Waals surface area contributed by atoms with Crippen molar-refractivity contribution < 1.29 is 18.0 Å². The highest BCUT2D eigenvalue weighted by molar-refractivity contribution is 6.08. The van der Waals surface area contributed by atoms with Crippen molar-refractivity contribution in [2.24, 2.45) is 0 Å². The van der Waals surface area contributed by atoms with Crippen molar-refractivity contribution in [1.82, 2.24) is 19.7 Å². The first-order chi connectivity index (χ1) is 20.8. The number of piperazine rings is 1. The predicted octanol–water partition coefficient (Wildman–Crippen LogP) is 7.22. The average molecular weight is 578 g/mol. The summed E-state index contributed by atoms with van der Waals surface area (Å²) in [7, 11) is 0. The first kappa shape index (κ1) is 26.7. The summed E-state index contributed by atoms with van der Waals surface area (Å²) in [6.07, 6.45) is -1.37. The number of alkyl halides is 3. The zero-order valence-electron chi connectivity index (χ0n) is 23.0. The van der Waals surface area contributed by atoms with Crippen LogP contribution in [0.4, 0.5) is 18.9 Å². The molecule has 0 radical (unpaired) electrons. The normalized spacial score (nSPS) is 14.0. The van der Waals surface area contributed by atoms with Crippen LogP contribution in [0.15, 0.2) is 109 Å². The number of nitrogens with zero attached hydrogens (tertiary/aromatic N) is 5. The van der Waals surface area contributed by atoms with E-state index in [0.29, 0.717) is 48.7 Å². The van der Waals surface area contributed by atoms with E-state index in [0.717, 1.165) is 33.3 Å². The van der Waals surface area contributed by atoms with Gasteiger partial charge in [-0.15, -0.1) is 0 Å². The fourth-order valence-electron chi connectivity index (χ4n) is 5.74. The highest BCUT2D eigenvalue weighted by Crippen LogP contribution is 2.35. The number of carbonyl (C=O) groups is 1. The van der Waals surface area contributed by atoms with Gasteiger partial charge in [0.15, 0.2) is 5.69 Å². The lowest BCUT2D eigenvalue weighted by Crippen LogP contribution is -2.48. The summed E-state index contributed by atoms with van der Waals surface area (Å²) >= 11 is 0. The van der Waals surface area contributed by atoms with Crippen LogP contribution in [-0.2, 0) is 6.18 Å². The van der Waals surface area contributed by atoms with Crippen LogP contribution < -0.4 is 4.90 Å². The van der Waals surface area contributed by atoms with Crippen molar-refractivity contribution in [3.63, 3.8) is 0 Å². The molecule has 6 aromatic rings. The van der Waals surface area contributed by atoms with Crippen LogP contribution in [0.1, 0.15) is 16.1 Å². The molecule has 1 fully saturated rings. The Kier molecular flexibility index (Phi) is 6.57. The van der Waals surface area contributed by atoms with E-state index in [1.54, 1.807) is 36.7 Å². The third-order valence-electron chi connectivity index (χ3n) is 7.99. The molecular formula is C34H26F3N5O. The van der Waals surface area contributed by atoms with E-state index in [-0.39, 0.29) is 5.91 Å². The van der Waals surface area contributed by atoms with Crippen molar-refractivity contribution in [1.29, 1.82) is 0 Å². The van der Waals surface area contributed by atoms with Gasteiger partial charge in [0.2, 0.25) is 0 Å². The number of halogens is 3. The first-order valence-electron chi connectivity index (χ1n) is 14.0. The van der Waals surface area contributed by atoms with Crippen LogP contribution >= 0.6 is 0 Å². The lowest BCUT2D eigenvalue weighted by molar-refractivity contribution is -0.141. The minimum absolute atomic E-state index is 0.0223. The van der Waals surface area contributed by atoms with Crippen molar-refractivity contribution >= 4 is 33.1 Å². The van der Waals surface area contributed by atoms with E-state index in [9.17, 15) is 18.0 Å². The van der Waals surface area contributed by atoms with Gasteiger partial charge < -0.3 is 9.80 Å². The Bertz CT molecular complexity index is 1940. The van der Waals surface area contributed by atoms with Gasteiger partial charge in [-0.2, -0.15) is 18.3 Å². The minimum atomic E-state index is -4.58. The van der Waals surface area contributed by atoms with E-state index in [2.05, 4.69) is 15.0 Å². The number of amides is 1. The molecule has 0 atom stereocenters. The number of fused-ring (bicyclic) bond motifs is 3. The van der Waals surface area contributed by atoms with E-state index in [1.807, 2.05) is 71.6 Å². The quantitative estimate of drug-likeness (QED) is 0.208. The number of aromatic nitrogens is 3. The number of rotatable bonds is 4. The molecule has 1 amide bonds. The maximum Gasteiger partial charge on any atom is 0.435 e. The van der Waals surface area contributed by atoms with Crippen molar-refractivity contribution in [3.05, 3.63) is 121 Å². The fourth-order valence-corrected chi connectivity index (χ4v) is 5.74. The van der Waals surface area contributed by atoms with E-state index in [1.165, 1.54) is 4.68 Å². The van der Waals surface area contributed by atoms with Crippen molar-refractivity contribution in [2.45, 2.75) is 6.18 Å². The van der Waals surface area contributed by atoms with Gasteiger partial charge in [0.25, 0.3) is 5.91 Å². The number of hydrogen-bond acceptors (Lipinski definition) is 4. The predicted molar refractivity (Wildman–Crippen MR) is 161 cm³/mol. The van der Waals surface area contributed by atoms with E-state index >= 15 is 0 Å². The Morgan fingerprint density at radius 2 is 1.37 bits per heavy atom. The van der Waals surface area contributed by atoms with Gasteiger partial charge in [0.05, 0.1) is 11.4 Å². The molecule has 0 spiro atoms. The Morgan fingerprint density at radius 3 is 2.12 bits per heavy atom. The number of anilines is 1. The first-order valence-corrected chi connectivity index (χ1v) is 14.0. The minimum Gasteiger partial charge on any atom is -0.368 e. The van der Waals surface area contributed by atoms with Crippen LogP contribution in [0.2, 0.25) is 0 Å². The van der Waals surface area contributed by atoms with Gasteiger partial charge in [-0.1, -0.05) is 48.5 Å². The fraction of sp³-hybridized carbons (Fsp3) is 0.147. The van der Waals surface area contributed by atoms with Crippen molar-refractivity contribution in [3.8, 4) is 16.9 Å². The second-order valence-electron chi connectivity index (χ2n) is 10.6. The third kappa shape index (κ3) is 5.07. The van der Waals surface area contributed by atoms with Crippen molar-refractivity contribution in [2.75, 3.05) is 31.1 Å². The molecule has 0 bridgehead atoms. The molecule has 0 saturated carbocycles. The van der Waals surface area contributed by atoms with Gasteiger partial charge in [-0.25, -0.2) is 4.68 Å². The molecule has 0 unspecified atom stereocenters. The summed E-state index contributed by atoms with van der Waals surface area (Å²) in [6.45, 7) is 2.43. The summed E-state index contributed by atoms with van der Waals surface area (Å²) in [5.74, 6) is -0.0223. The number of benzene rings is 4.